The Hall–Kier alpha value is -0.460. The Bertz CT molecular complexity index is 185. The minimum absolute atomic E-state index is 0.522. The van der Waals surface area contributed by atoms with Gasteiger partial charge in [0, 0.05) is 5.92 Å². The molecule has 0 N–H and O–H groups in total. The second kappa shape index (κ2) is 3.12. The van der Waals surface area contributed by atoms with Crippen molar-refractivity contribution in [1.82, 2.24) is 0 Å². The molecule has 1 aliphatic heterocycles. The lowest BCUT2D eigenvalue weighted by Crippen LogP contribution is -2.35. The Kier molecular flexibility index (Phi) is 2.12. The van der Waals surface area contributed by atoms with Gasteiger partial charge >= 0.3 is 0 Å². The van der Waals surface area contributed by atoms with Crippen LogP contribution >= 0.6 is 0 Å². The SMILES string of the molecule is CC1C=CO[C@@H]2C[C@H](C)CC[C@@H]12. The molecule has 12 heavy (non-hydrogen) atoms. The van der Waals surface area contributed by atoms with Crippen LogP contribution in [0.4, 0.5) is 0 Å². The number of rotatable bonds is 0. The van der Waals surface area contributed by atoms with E-state index in [0.717, 1.165) is 17.8 Å². The maximum Gasteiger partial charge on any atom is 0.101 e. The monoisotopic (exact) mass is 166 g/mol. The zero-order chi connectivity index (χ0) is 8.55. The fraction of sp³-hybridized carbons (Fsp3) is 0.818. The van der Waals surface area contributed by atoms with Crippen LogP contribution in [0.3, 0.4) is 0 Å². The summed E-state index contributed by atoms with van der Waals surface area (Å²) in [6.07, 6.45) is 8.65. The number of hydrogen-bond acceptors (Lipinski definition) is 1. The maximum absolute atomic E-state index is 5.64. The van der Waals surface area contributed by atoms with E-state index in [2.05, 4.69) is 19.9 Å². The van der Waals surface area contributed by atoms with Gasteiger partial charge in [-0.15, -0.1) is 0 Å². The lowest BCUT2D eigenvalue weighted by molar-refractivity contribution is 0.00325. The Morgan fingerprint density at radius 3 is 2.92 bits per heavy atom. The van der Waals surface area contributed by atoms with Gasteiger partial charge in [-0.1, -0.05) is 20.3 Å². The predicted octanol–water partition coefficient (Wildman–Crippen LogP) is 2.97. The summed E-state index contributed by atoms with van der Waals surface area (Å²) in [6.45, 7) is 4.65. The predicted molar refractivity (Wildman–Crippen MR) is 49.7 cm³/mol. The molecule has 68 valence electrons. The van der Waals surface area contributed by atoms with E-state index in [4.69, 9.17) is 4.74 Å². The fourth-order valence-electron chi connectivity index (χ4n) is 2.52. The summed E-state index contributed by atoms with van der Waals surface area (Å²) in [7, 11) is 0. The van der Waals surface area contributed by atoms with Gasteiger partial charge in [-0.3, -0.25) is 0 Å². The van der Waals surface area contributed by atoms with E-state index in [1.165, 1.54) is 19.3 Å². The summed E-state index contributed by atoms with van der Waals surface area (Å²) in [5.41, 5.74) is 0. The fourth-order valence-corrected chi connectivity index (χ4v) is 2.52. The van der Waals surface area contributed by atoms with E-state index in [0.29, 0.717) is 6.10 Å². The first-order chi connectivity index (χ1) is 5.77. The third kappa shape index (κ3) is 1.37. The summed E-state index contributed by atoms with van der Waals surface area (Å²) in [5, 5.41) is 0. The summed E-state index contributed by atoms with van der Waals surface area (Å²) >= 11 is 0. The third-order valence-electron chi connectivity index (χ3n) is 3.42. The number of allylic oxidation sites excluding steroid dienone is 1. The molecule has 1 fully saturated rings. The van der Waals surface area contributed by atoms with Crippen LogP contribution in [0.2, 0.25) is 0 Å². The molecule has 2 rings (SSSR count). The molecule has 0 bridgehead atoms. The van der Waals surface area contributed by atoms with Crippen molar-refractivity contribution in [2.45, 2.75) is 39.2 Å². The molecule has 0 aromatic rings. The number of hydrogen-bond donors (Lipinski definition) is 0. The molecule has 4 atom stereocenters. The van der Waals surface area contributed by atoms with E-state index < -0.39 is 0 Å². The van der Waals surface area contributed by atoms with Crippen LogP contribution in [-0.4, -0.2) is 6.10 Å². The molecular formula is C11H18O. The second-order valence-electron chi connectivity index (χ2n) is 4.44. The summed E-state index contributed by atoms with van der Waals surface area (Å²) in [4.78, 5) is 0. The number of fused-ring (bicyclic) bond motifs is 1. The summed E-state index contributed by atoms with van der Waals surface area (Å²) in [5.74, 6) is 2.40. The van der Waals surface area contributed by atoms with Crippen LogP contribution in [0.15, 0.2) is 12.3 Å². The van der Waals surface area contributed by atoms with Crippen molar-refractivity contribution in [2.24, 2.45) is 17.8 Å². The molecule has 0 aromatic heterocycles. The largest absolute Gasteiger partial charge is 0.498 e. The normalized spacial score (nSPS) is 46.5. The topological polar surface area (TPSA) is 9.23 Å². The minimum atomic E-state index is 0.522. The smallest absolute Gasteiger partial charge is 0.101 e. The van der Waals surface area contributed by atoms with Crippen LogP contribution in [0, 0.1) is 17.8 Å². The highest BCUT2D eigenvalue weighted by atomic mass is 16.5. The van der Waals surface area contributed by atoms with E-state index >= 15 is 0 Å². The first-order valence-corrected chi connectivity index (χ1v) is 5.09. The van der Waals surface area contributed by atoms with Gasteiger partial charge in [0.25, 0.3) is 0 Å². The van der Waals surface area contributed by atoms with E-state index in [-0.39, 0.29) is 0 Å². The molecule has 1 heteroatoms. The van der Waals surface area contributed by atoms with Crippen molar-refractivity contribution in [3.63, 3.8) is 0 Å². The molecule has 2 aliphatic rings. The molecule has 1 aliphatic carbocycles. The molecule has 0 saturated heterocycles. The lowest BCUT2D eigenvalue weighted by atomic mass is 9.74. The molecule has 0 aromatic carbocycles. The molecule has 1 saturated carbocycles. The van der Waals surface area contributed by atoms with Gasteiger partial charge in [0.05, 0.1) is 6.26 Å². The molecular weight excluding hydrogens is 148 g/mol. The zero-order valence-corrected chi connectivity index (χ0v) is 7.99. The average Bonchev–Trinajstić information content (AvgIpc) is 2.04. The zero-order valence-electron chi connectivity index (χ0n) is 7.99. The second-order valence-corrected chi connectivity index (χ2v) is 4.44. The molecule has 1 nitrogen and oxygen atoms in total. The van der Waals surface area contributed by atoms with Crippen LogP contribution in [0.25, 0.3) is 0 Å². The minimum Gasteiger partial charge on any atom is -0.498 e. The molecule has 1 heterocycles. The van der Waals surface area contributed by atoms with Crippen LogP contribution < -0.4 is 0 Å². The van der Waals surface area contributed by atoms with Crippen molar-refractivity contribution in [3.8, 4) is 0 Å². The standard InChI is InChI=1S/C11H18O/c1-8-3-4-10-9(2)5-6-12-11(10)7-8/h5-6,8-11H,3-4,7H2,1-2H3/t8-,9?,10+,11-/m1/s1. The molecule has 0 spiro atoms. The lowest BCUT2D eigenvalue weighted by Gasteiger charge is -2.39. The Labute approximate surface area is 74.8 Å². The van der Waals surface area contributed by atoms with Crippen LogP contribution in [0.5, 0.6) is 0 Å². The maximum atomic E-state index is 5.64. The van der Waals surface area contributed by atoms with E-state index in [9.17, 15) is 0 Å². The van der Waals surface area contributed by atoms with Crippen LogP contribution in [0.1, 0.15) is 33.1 Å². The van der Waals surface area contributed by atoms with E-state index in [1.54, 1.807) is 0 Å². The molecule has 0 amide bonds. The highest BCUT2D eigenvalue weighted by Gasteiger charge is 2.34. The van der Waals surface area contributed by atoms with Gasteiger partial charge in [0.1, 0.15) is 6.10 Å². The molecule has 0 radical (unpaired) electrons. The Morgan fingerprint density at radius 2 is 2.08 bits per heavy atom. The molecule has 1 unspecified atom stereocenters. The van der Waals surface area contributed by atoms with Gasteiger partial charge in [0.15, 0.2) is 0 Å². The Morgan fingerprint density at radius 1 is 1.25 bits per heavy atom. The van der Waals surface area contributed by atoms with Crippen molar-refractivity contribution in [2.75, 3.05) is 0 Å². The summed E-state index contributed by atoms with van der Waals surface area (Å²) < 4.78 is 5.64. The van der Waals surface area contributed by atoms with Gasteiger partial charge < -0.3 is 4.74 Å². The van der Waals surface area contributed by atoms with Gasteiger partial charge in [-0.05, 0) is 30.8 Å². The highest BCUT2D eigenvalue weighted by Crippen LogP contribution is 2.38. The van der Waals surface area contributed by atoms with Gasteiger partial charge in [-0.2, -0.15) is 0 Å². The van der Waals surface area contributed by atoms with Crippen LogP contribution in [-0.2, 0) is 4.74 Å². The summed E-state index contributed by atoms with van der Waals surface area (Å²) in [6, 6.07) is 0. The van der Waals surface area contributed by atoms with Crippen molar-refractivity contribution in [3.05, 3.63) is 12.3 Å². The van der Waals surface area contributed by atoms with Crippen molar-refractivity contribution >= 4 is 0 Å². The van der Waals surface area contributed by atoms with Crippen molar-refractivity contribution in [1.29, 1.82) is 0 Å². The first-order valence-electron chi connectivity index (χ1n) is 5.09. The van der Waals surface area contributed by atoms with Gasteiger partial charge in [-0.25, -0.2) is 0 Å². The van der Waals surface area contributed by atoms with Crippen molar-refractivity contribution < 1.29 is 4.74 Å². The van der Waals surface area contributed by atoms with E-state index in [1.807, 2.05) is 6.26 Å². The average molecular weight is 166 g/mol. The van der Waals surface area contributed by atoms with Gasteiger partial charge in [0.2, 0.25) is 0 Å². The third-order valence-corrected chi connectivity index (χ3v) is 3.42. The first kappa shape index (κ1) is 8.15. The number of ether oxygens (including phenoxy) is 1. The Balaban J connectivity index is 2.06. The quantitative estimate of drug-likeness (QED) is 0.537. The highest BCUT2D eigenvalue weighted by molar-refractivity contribution is 4.96.